The van der Waals surface area contributed by atoms with Crippen molar-refractivity contribution in [1.82, 2.24) is 9.80 Å². The summed E-state index contributed by atoms with van der Waals surface area (Å²) in [5.41, 5.74) is 7.21. The predicted octanol–water partition coefficient (Wildman–Crippen LogP) is 1.95. The summed E-state index contributed by atoms with van der Waals surface area (Å²) in [5, 5.41) is 0. The van der Waals surface area contributed by atoms with Crippen molar-refractivity contribution in [2.24, 2.45) is 5.73 Å². The van der Waals surface area contributed by atoms with Gasteiger partial charge in [0.1, 0.15) is 5.82 Å². The van der Waals surface area contributed by atoms with Crippen LogP contribution in [-0.4, -0.2) is 42.0 Å². The molecular formula is C16H24FN3. The second kappa shape index (κ2) is 6.20. The fourth-order valence-electron chi connectivity index (χ4n) is 3.51. The third-order valence-corrected chi connectivity index (χ3v) is 4.63. The average molecular weight is 277 g/mol. The Hall–Kier alpha value is -0.970. The third kappa shape index (κ3) is 3.03. The quantitative estimate of drug-likeness (QED) is 0.916. The standard InChI is InChI=1S/C16H24FN3/c17-16-9-13(10-18)4-5-14(16)11-19-6-2-8-20-7-1-3-15(20)12-19/h4-5,9,15H,1-3,6-8,10-12,18H2. The van der Waals surface area contributed by atoms with Crippen LogP contribution in [0.5, 0.6) is 0 Å². The molecule has 0 spiro atoms. The largest absolute Gasteiger partial charge is 0.326 e. The highest BCUT2D eigenvalue weighted by Gasteiger charge is 2.28. The van der Waals surface area contributed by atoms with Gasteiger partial charge < -0.3 is 5.73 Å². The molecule has 1 aromatic rings. The number of halogens is 1. The Morgan fingerprint density at radius 3 is 2.85 bits per heavy atom. The van der Waals surface area contributed by atoms with E-state index in [2.05, 4.69) is 9.80 Å². The molecule has 0 amide bonds. The lowest BCUT2D eigenvalue weighted by Gasteiger charge is -2.25. The Kier molecular flexibility index (Phi) is 4.34. The lowest BCUT2D eigenvalue weighted by molar-refractivity contribution is 0.214. The smallest absolute Gasteiger partial charge is 0.128 e. The molecule has 2 saturated heterocycles. The van der Waals surface area contributed by atoms with Crippen LogP contribution >= 0.6 is 0 Å². The predicted molar refractivity (Wildman–Crippen MR) is 78.8 cm³/mol. The van der Waals surface area contributed by atoms with Gasteiger partial charge in [-0.25, -0.2) is 4.39 Å². The van der Waals surface area contributed by atoms with E-state index in [-0.39, 0.29) is 5.82 Å². The van der Waals surface area contributed by atoms with Crippen LogP contribution in [0.4, 0.5) is 4.39 Å². The SMILES string of the molecule is NCc1ccc(CN2CCCN3CCCC3C2)c(F)c1. The van der Waals surface area contributed by atoms with Crippen LogP contribution in [0, 0.1) is 5.82 Å². The van der Waals surface area contributed by atoms with Crippen LogP contribution in [0.2, 0.25) is 0 Å². The zero-order valence-corrected chi connectivity index (χ0v) is 12.0. The van der Waals surface area contributed by atoms with E-state index in [4.69, 9.17) is 5.73 Å². The summed E-state index contributed by atoms with van der Waals surface area (Å²) in [6, 6.07) is 6.10. The molecule has 2 heterocycles. The Morgan fingerprint density at radius 1 is 1.20 bits per heavy atom. The number of hydrogen-bond donors (Lipinski definition) is 1. The van der Waals surface area contributed by atoms with E-state index in [1.54, 1.807) is 6.07 Å². The van der Waals surface area contributed by atoms with Crippen molar-refractivity contribution in [3.63, 3.8) is 0 Å². The van der Waals surface area contributed by atoms with Gasteiger partial charge in [-0.15, -0.1) is 0 Å². The molecule has 2 aliphatic heterocycles. The molecule has 2 N–H and O–H groups in total. The van der Waals surface area contributed by atoms with Crippen LogP contribution in [0.15, 0.2) is 18.2 Å². The molecule has 3 rings (SSSR count). The molecule has 2 fully saturated rings. The van der Waals surface area contributed by atoms with Gasteiger partial charge >= 0.3 is 0 Å². The molecule has 20 heavy (non-hydrogen) atoms. The summed E-state index contributed by atoms with van der Waals surface area (Å²) in [5.74, 6) is -0.111. The molecule has 3 nitrogen and oxygen atoms in total. The van der Waals surface area contributed by atoms with E-state index in [1.165, 1.54) is 32.4 Å². The fraction of sp³-hybridized carbons (Fsp3) is 0.625. The van der Waals surface area contributed by atoms with Crippen LogP contribution in [0.1, 0.15) is 30.4 Å². The van der Waals surface area contributed by atoms with Gasteiger partial charge in [0.25, 0.3) is 0 Å². The molecule has 1 atom stereocenters. The first-order chi connectivity index (χ1) is 9.76. The summed E-state index contributed by atoms with van der Waals surface area (Å²) in [6.07, 6.45) is 3.81. The molecule has 4 heteroatoms. The van der Waals surface area contributed by atoms with Crippen molar-refractivity contribution >= 4 is 0 Å². The summed E-state index contributed by atoms with van der Waals surface area (Å²) in [4.78, 5) is 5.02. The number of rotatable bonds is 3. The van der Waals surface area contributed by atoms with Gasteiger partial charge in [-0.1, -0.05) is 12.1 Å². The molecule has 1 unspecified atom stereocenters. The normalized spacial score (nSPS) is 24.6. The van der Waals surface area contributed by atoms with Gasteiger partial charge in [0.15, 0.2) is 0 Å². The minimum Gasteiger partial charge on any atom is -0.326 e. The Labute approximate surface area is 120 Å². The lowest BCUT2D eigenvalue weighted by Crippen LogP contribution is -2.36. The van der Waals surface area contributed by atoms with E-state index >= 15 is 0 Å². The number of benzene rings is 1. The Bertz CT molecular complexity index is 463. The van der Waals surface area contributed by atoms with E-state index in [1.807, 2.05) is 12.1 Å². The van der Waals surface area contributed by atoms with Crippen LogP contribution in [0.25, 0.3) is 0 Å². The van der Waals surface area contributed by atoms with E-state index in [0.717, 1.165) is 30.8 Å². The summed E-state index contributed by atoms with van der Waals surface area (Å²) < 4.78 is 14.1. The zero-order valence-electron chi connectivity index (χ0n) is 12.0. The first-order valence-electron chi connectivity index (χ1n) is 7.70. The molecule has 0 aliphatic carbocycles. The summed E-state index contributed by atoms with van der Waals surface area (Å²) >= 11 is 0. The highest BCUT2D eigenvalue weighted by molar-refractivity contribution is 5.24. The zero-order chi connectivity index (χ0) is 13.9. The molecule has 2 aliphatic rings. The number of nitrogens with zero attached hydrogens (tertiary/aromatic N) is 2. The highest BCUT2D eigenvalue weighted by Crippen LogP contribution is 2.23. The van der Waals surface area contributed by atoms with Gasteiger partial charge in [-0.3, -0.25) is 9.80 Å². The second-order valence-corrected chi connectivity index (χ2v) is 6.05. The topological polar surface area (TPSA) is 32.5 Å². The first-order valence-corrected chi connectivity index (χ1v) is 7.70. The Morgan fingerprint density at radius 2 is 2.05 bits per heavy atom. The molecule has 0 radical (unpaired) electrons. The second-order valence-electron chi connectivity index (χ2n) is 6.05. The van der Waals surface area contributed by atoms with Gasteiger partial charge in [-0.05, 0) is 50.5 Å². The Balaban J connectivity index is 1.67. The van der Waals surface area contributed by atoms with E-state index in [9.17, 15) is 4.39 Å². The maximum Gasteiger partial charge on any atom is 0.128 e. The summed E-state index contributed by atoms with van der Waals surface area (Å²) in [7, 11) is 0. The molecule has 110 valence electrons. The molecule has 0 bridgehead atoms. The molecule has 1 aromatic carbocycles. The van der Waals surface area contributed by atoms with Crippen LogP contribution < -0.4 is 5.73 Å². The van der Waals surface area contributed by atoms with E-state index < -0.39 is 0 Å². The van der Waals surface area contributed by atoms with Crippen molar-refractivity contribution < 1.29 is 4.39 Å². The highest BCUT2D eigenvalue weighted by atomic mass is 19.1. The maximum atomic E-state index is 14.1. The van der Waals surface area contributed by atoms with Gasteiger partial charge in [0, 0.05) is 31.2 Å². The minimum atomic E-state index is -0.111. The number of nitrogens with two attached hydrogens (primary N) is 1. The third-order valence-electron chi connectivity index (χ3n) is 4.63. The monoisotopic (exact) mass is 277 g/mol. The molecule has 0 saturated carbocycles. The number of fused-ring (bicyclic) bond motifs is 1. The van der Waals surface area contributed by atoms with Crippen molar-refractivity contribution in [2.75, 3.05) is 26.2 Å². The number of hydrogen-bond acceptors (Lipinski definition) is 3. The van der Waals surface area contributed by atoms with Crippen molar-refractivity contribution in [2.45, 2.75) is 38.4 Å². The first kappa shape index (κ1) is 14.0. The van der Waals surface area contributed by atoms with Crippen LogP contribution in [-0.2, 0) is 13.1 Å². The molecular weight excluding hydrogens is 253 g/mol. The molecule has 0 aromatic heterocycles. The summed E-state index contributed by atoms with van der Waals surface area (Å²) in [6.45, 7) is 5.73. The van der Waals surface area contributed by atoms with Gasteiger partial charge in [0.2, 0.25) is 0 Å². The average Bonchev–Trinajstić information content (AvgIpc) is 2.80. The maximum absolute atomic E-state index is 14.1. The van der Waals surface area contributed by atoms with Crippen molar-refractivity contribution in [3.8, 4) is 0 Å². The van der Waals surface area contributed by atoms with Gasteiger partial charge in [-0.2, -0.15) is 0 Å². The lowest BCUT2D eigenvalue weighted by atomic mass is 10.1. The minimum absolute atomic E-state index is 0.111. The van der Waals surface area contributed by atoms with Crippen molar-refractivity contribution in [3.05, 3.63) is 35.1 Å². The van der Waals surface area contributed by atoms with Gasteiger partial charge in [0.05, 0.1) is 0 Å². The van der Waals surface area contributed by atoms with Crippen LogP contribution in [0.3, 0.4) is 0 Å². The fourth-order valence-corrected chi connectivity index (χ4v) is 3.51. The van der Waals surface area contributed by atoms with Crippen molar-refractivity contribution in [1.29, 1.82) is 0 Å². The van der Waals surface area contributed by atoms with E-state index in [0.29, 0.717) is 12.6 Å².